The van der Waals surface area contributed by atoms with Crippen LogP contribution >= 0.6 is 11.6 Å². The molecule has 0 fully saturated rings. The first-order valence-electron chi connectivity index (χ1n) is 5.65. The minimum atomic E-state index is 0.421. The highest BCUT2D eigenvalue weighted by atomic mass is 35.5. The Morgan fingerprint density at radius 1 is 1.44 bits per heavy atom. The van der Waals surface area contributed by atoms with Crippen LogP contribution in [0.5, 0.6) is 0 Å². The van der Waals surface area contributed by atoms with Gasteiger partial charge in [0.25, 0.3) is 0 Å². The summed E-state index contributed by atoms with van der Waals surface area (Å²) in [6.07, 6.45) is 1.92. The van der Waals surface area contributed by atoms with Crippen LogP contribution in [-0.4, -0.2) is 18.9 Å². The normalized spacial score (nSPS) is 12.2. The van der Waals surface area contributed by atoms with Crippen molar-refractivity contribution in [2.45, 2.75) is 33.2 Å². The van der Waals surface area contributed by atoms with Gasteiger partial charge in [0.15, 0.2) is 6.29 Å². The number of halogens is 1. The summed E-state index contributed by atoms with van der Waals surface area (Å²) in [6.45, 7) is 7.28. The van der Waals surface area contributed by atoms with Crippen molar-refractivity contribution < 1.29 is 4.79 Å². The molecule has 0 aliphatic heterocycles. The topological polar surface area (TPSA) is 20.3 Å². The number of hydrogen-bond donors (Lipinski definition) is 0. The molecule has 1 unspecified atom stereocenters. The Balaban J connectivity index is 3.13. The first-order valence-corrected chi connectivity index (χ1v) is 6.03. The van der Waals surface area contributed by atoms with Crippen molar-refractivity contribution in [3.63, 3.8) is 0 Å². The molecule has 0 aliphatic carbocycles. The molecule has 1 atom stereocenters. The Morgan fingerprint density at radius 2 is 2.12 bits per heavy atom. The van der Waals surface area contributed by atoms with E-state index in [1.807, 2.05) is 12.1 Å². The van der Waals surface area contributed by atoms with Gasteiger partial charge in [-0.15, -0.1) is 0 Å². The van der Waals surface area contributed by atoms with Gasteiger partial charge in [0.1, 0.15) is 0 Å². The molecule has 0 heterocycles. The molecule has 1 aromatic carbocycles. The maximum atomic E-state index is 11.0. The molecule has 0 saturated carbocycles. The Hall–Kier alpha value is -1.02. The van der Waals surface area contributed by atoms with Crippen molar-refractivity contribution in [1.29, 1.82) is 0 Å². The predicted octanol–water partition coefficient (Wildman–Crippen LogP) is 3.78. The van der Waals surface area contributed by atoms with Crippen molar-refractivity contribution in [1.82, 2.24) is 0 Å². The first kappa shape index (κ1) is 13.0. The fourth-order valence-corrected chi connectivity index (χ4v) is 2.00. The van der Waals surface area contributed by atoms with E-state index in [-0.39, 0.29) is 0 Å². The number of rotatable bonds is 5. The van der Waals surface area contributed by atoms with Crippen LogP contribution in [0.1, 0.15) is 37.6 Å². The van der Waals surface area contributed by atoms with Gasteiger partial charge in [0.2, 0.25) is 0 Å². The molecule has 0 radical (unpaired) electrons. The van der Waals surface area contributed by atoms with E-state index in [0.29, 0.717) is 16.6 Å². The second-order valence-corrected chi connectivity index (χ2v) is 4.30. The maximum absolute atomic E-state index is 11.0. The van der Waals surface area contributed by atoms with Gasteiger partial charge in [-0.2, -0.15) is 0 Å². The van der Waals surface area contributed by atoms with Gasteiger partial charge in [-0.1, -0.05) is 18.5 Å². The molecule has 2 nitrogen and oxygen atoms in total. The average molecular weight is 240 g/mol. The predicted molar refractivity (Wildman–Crippen MR) is 69.6 cm³/mol. The molecule has 1 aromatic rings. The molecule has 88 valence electrons. The van der Waals surface area contributed by atoms with E-state index < -0.39 is 0 Å². The van der Waals surface area contributed by atoms with E-state index in [0.717, 1.165) is 24.9 Å². The number of anilines is 1. The zero-order valence-electron chi connectivity index (χ0n) is 10.0. The number of carbonyl (C=O) groups is 1. The lowest BCUT2D eigenvalue weighted by Crippen LogP contribution is -2.33. The van der Waals surface area contributed by atoms with Gasteiger partial charge in [0, 0.05) is 28.9 Å². The van der Waals surface area contributed by atoms with Crippen LogP contribution in [0, 0.1) is 0 Å². The molecule has 1 rings (SSSR count). The Labute approximate surface area is 102 Å². The van der Waals surface area contributed by atoms with Crippen LogP contribution < -0.4 is 4.90 Å². The summed E-state index contributed by atoms with van der Waals surface area (Å²) in [5.74, 6) is 0. The molecule has 0 bridgehead atoms. The summed E-state index contributed by atoms with van der Waals surface area (Å²) in [6, 6.07) is 5.89. The van der Waals surface area contributed by atoms with E-state index >= 15 is 0 Å². The number of carbonyl (C=O) groups excluding carboxylic acids is 1. The zero-order valence-corrected chi connectivity index (χ0v) is 10.8. The zero-order chi connectivity index (χ0) is 12.1. The molecule has 3 heteroatoms. The number of hydrogen-bond acceptors (Lipinski definition) is 2. The highest BCUT2D eigenvalue weighted by Gasteiger charge is 2.14. The molecular formula is C13H18ClNO. The largest absolute Gasteiger partial charge is 0.369 e. The molecular weight excluding hydrogens is 222 g/mol. The minimum Gasteiger partial charge on any atom is -0.369 e. The van der Waals surface area contributed by atoms with Gasteiger partial charge in [0.05, 0.1) is 0 Å². The number of aldehydes is 1. The summed E-state index contributed by atoms with van der Waals surface area (Å²) in [7, 11) is 0. The van der Waals surface area contributed by atoms with Crippen LogP contribution in [0.15, 0.2) is 18.2 Å². The van der Waals surface area contributed by atoms with E-state index in [9.17, 15) is 4.79 Å². The minimum absolute atomic E-state index is 0.421. The van der Waals surface area contributed by atoms with Crippen LogP contribution in [0.2, 0.25) is 5.02 Å². The summed E-state index contributed by atoms with van der Waals surface area (Å²) < 4.78 is 0. The van der Waals surface area contributed by atoms with Crippen LogP contribution in [0.25, 0.3) is 0 Å². The summed E-state index contributed by atoms with van der Waals surface area (Å²) in [5, 5.41) is 0.603. The van der Waals surface area contributed by atoms with Crippen molar-refractivity contribution in [3.8, 4) is 0 Å². The van der Waals surface area contributed by atoms with Crippen molar-refractivity contribution in [2.75, 3.05) is 11.4 Å². The van der Waals surface area contributed by atoms with Crippen LogP contribution in [-0.2, 0) is 0 Å². The van der Waals surface area contributed by atoms with Gasteiger partial charge < -0.3 is 4.90 Å². The number of benzene rings is 1. The highest BCUT2D eigenvalue weighted by Crippen LogP contribution is 2.25. The van der Waals surface area contributed by atoms with Gasteiger partial charge >= 0.3 is 0 Å². The van der Waals surface area contributed by atoms with Crippen molar-refractivity contribution >= 4 is 23.6 Å². The fraction of sp³-hybridized carbons (Fsp3) is 0.462. The molecule has 0 N–H and O–H groups in total. The fourth-order valence-electron chi connectivity index (χ4n) is 1.82. The number of nitrogens with zero attached hydrogens (tertiary/aromatic N) is 1. The monoisotopic (exact) mass is 239 g/mol. The van der Waals surface area contributed by atoms with E-state index in [4.69, 9.17) is 11.6 Å². The van der Waals surface area contributed by atoms with Crippen LogP contribution in [0.4, 0.5) is 5.69 Å². The third-order valence-corrected chi connectivity index (χ3v) is 3.12. The average Bonchev–Trinajstić information content (AvgIpc) is 2.31. The molecule has 16 heavy (non-hydrogen) atoms. The second-order valence-electron chi connectivity index (χ2n) is 3.86. The Bertz CT molecular complexity index is 365. The SMILES string of the molecule is CCC(C)N(CC)c1ccc(Cl)cc1C=O. The first-order chi connectivity index (χ1) is 7.63. The van der Waals surface area contributed by atoms with Gasteiger partial charge in [-0.05, 0) is 38.5 Å². The summed E-state index contributed by atoms with van der Waals surface area (Å²) >= 11 is 5.88. The van der Waals surface area contributed by atoms with E-state index in [2.05, 4.69) is 25.7 Å². The quantitative estimate of drug-likeness (QED) is 0.729. The summed E-state index contributed by atoms with van der Waals surface area (Å²) in [5.41, 5.74) is 1.63. The molecule has 0 aliphatic rings. The lowest BCUT2D eigenvalue weighted by Gasteiger charge is -2.30. The lowest BCUT2D eigenvalue weighted by molar-refractivity contribution is 0.112. The summed E-state index contributed by atoms with van der Waals surface area (Å²) in [4.78, 5) is 13.2. The standard InChI is InChI=1S/C13H18ClNO/c1-4-10(3)15(5-2)13-7-6-12(14)8-11(13)9-16/h6-10H,4-5H2,1-3H3. The van der Waals surface area contributed by atoms with Gasteiger partial charge in [-0.3, -0.25) is 4.79 Å². The Morgan fingerprint density at radius 3 is 2.62 bits per heavy atom. The van der Waals surface area contributed by atoms with Crippen molar-refractivity contribution in [3.05, 3.63) is 28.8 Å². The van der Waals surface area contributed by atoms with Crippen molar-refractivity contribution in [2.24, 2.45) is 0 Å². The maximum Gasteiger partial charge on any atom is 0.152 e. The highest BCUT2D eigenvalue weighted by molar-refractivity contribution is 6.31. The van der Waals surface area contributed by atoms with E-state index in [1.165, 1.54) is 0 Å². The lowest BCUT2D eigenvalue weighted by atomic mass is 10.1. The molecule has 0 amide bonds. The third-order valence-electron chi connectivity index (χ3n) is 2.89. The van der Waals surface area contributed by atoms with Gasteiger partial charge in [-0.25, -0.2) is 0 Å². The molecule has 0 spiro atoms. The Kier molecular flexibility index (Phi) is 4.81. The third kappa shape index (κ3) is 2.76. The molecule has 0 saturated heterocycles. The smallest absolute Gasteiger partial charge is 0.152 e. The van der Waals surface area contributed by atoms with Crippen LogP contribution in [0.3, 0.4) is 0 Å². The van der Waals surface area contributed by atoms with E-state index in [1.54, 1.807) is 6.07 Å². The second kappa shape index (κ2) is 5.90. The molecule has 0 aromatic heterocycles.